The molecule has 2 amide bonds. The number of anilines is 1. The van der Waals surface area contributed by atoms with E-state index in [4.69, 9.17) is 0 Å². The molecule has 3 fully saturated rings. The molecule has 2 unspecified atom stereocenters. The van der Waals surface area contributed by atoms with Crippen LogP contribution in [0, 0.1) is 0 Å². The van der Waals surface area contributed by atoms with Crippen LogP contribution in [-0.4, -0.2) is 46.4 Å². The van der Waals surface area contributed by atoms with Crippen molar-refractivity contribution >= 4 is 17.5 Å². The third-order valence-corrected chi connectivity index (χ3v) is 5.52. The summed E-state index contributed by atoms with van der Waals surface area (Å²) < 4.78 is 0. The number of hydrogen-bond donors (Lipinski definition) is 1. The molecular formula is C16H17N3O2. The number of benzene rings is 1. The molecule has 1 N–H and O–H groups in total. The van der Waals surface area contributed by atoms with Gasteiger partial charge in [-0.25, -0.2) is 0 Å². The molecule has 0 aliphatic carbocycles. The Hall–Kier alpha value is -2.04. The summed E-state index contributed by atoms with van der Waals surface area (Å²) in [5.41, 5.74) is 2.36. The lowest BCUT2D eigenvalue weighted by Gasteiger charge is -2.41. The van der Waals surface area contributed by atoms with Crippen LogP contribution >= 0.6 is 0 Å². The summed E-state index contributed by atoms with van der Waals surface area (Å²) in [6.45, 7) is 0.749. The third kappa shape index (κ3) is 1.32. The molecule has 4 atom stereocenters. The number of hydrogen-bond acceptors (Lipinski definition) is 3. The second-order valence-corrected chi connectivity index (χ2v) is 6.47. The number of nitrogens with one attached hydrogen (secondary N) is 1. The molecule has 1 aromatic rings. The zero-order valence-electron chi connectivity index (χ0n) is 11.7. The van der Waals surface area contributed by atoms with Crippen molar-refractivity contribution in [2.45, 2.75) is 43.4 Å². The fourth-order valence-corrected chi connectivity index (χ4v) is 4.61. The van der Waals surface area contributed by atoms with E-state index in [1.54, 1.807) is 0 Å². The maximum atomic E-state index is 12.8. The van der Waals surface area contributed by atoms with E-state index in [0.717, 1.165) is 31.5 Å². The van der Waals surface area contributed by atoms with Crippen molar-refractivity contribution in [2.75, 3.05) is 11.9 Å². The number of fused-ring (bicyclic) bond motifs is 6. The van der Waals surface area contributed by atoms with Crippen molar-refractivity contribution < 1.29 is 9.59 Å². The van der Waals surface area contributed by atoms with Crippen molar-refractivity contribution in [3.05, 3.63) is 29.8 Å². The van der Waals surface area contributed by atoms with E-state index in [0.29, 0.717) is 0 Å². The highest BCUT2D eigenvalue weighted by atomic mass is 16.2. The maximum Gasteiger partial charge on any atom is 0.247 e. The van der Waals surface area contributed by atoms with E-state index in [2.05, 4.69) is 17.4 Å². The molecule has 5 heteroatoms. The Balaban J connectivity index is 1.57. The van der Waals surface area contributed by atoms with E-state index in [1.165, 1.54) is 5.56 Å². The Morgan fingerprint density at radius 2 is 1.95 bits per heavy atom. The van der Waals surface area contributed by atoms with Crippen LogP contribution in [0.5, 0.6) is 0 Å². The normalized spacial score (nSPS) is 36.2. The Labute approximate surface area is 122 Å². The quantitative estimate of drug-likeness (QED) is 0.776. The summed E-state index contributed by atoms with van der Waals surface area (Å²) in [4.78, 5) is 29.2. The van der Waals surface area contributed by atoms with E-state index in [9.17, 15) is 9.59 Å². The molecule has 1 aromatic carbocycles. The van der Waals surface area contributed by atoms with Crippen molar-refractivity contribution in [3.63, 3.8) is 0 Å². The van der Waals surface area contributed by atoms with Crippen LogP contribution in [0.25, 0.3) is 0 Å². The van der Waals surface area contributed by atoms with Gasteiger partial charge in [0.1, 0.15) is 18.2 Å². The third-order valence-electron chi connectivity index (χ3n) is 5.52. The van der Waals surface area contributed by atoms with Gasteiger partial charge in [0, 0.05) is 18.2 Å². The monoisotopic (exact) mass is 283 g/mol. The molecule has 108 valence electrons. The highest BCUT2D eigenvalue weighted by Gasteiger charge is 2.57. The summed E-state index contributed by atoms with van der Waals surface area (Å²) in [6.07, 6.45) is 2.48. The molecule has 0 bridgehead atoms. The average molecular weight is 283 g/mol. The highest BCUT2D eigenvalue weighted by molar-refractivity contribution is 5.99. The van der Waals surface area contributed by atoms with Gasteiger partial charge >= 0.3 is 0 Å². The smallest absolute Gasteiger partial charge is 0.247 e. The van der Waals surface area contributed by atoms with Gasteiger partial charge in [0.25, 0.3) is 0 Å². The second-order valence-electron chi connectivity index (χ2n) is 6.47. The molecule has 4 heterocycles. The first-order chi connectivity index (χ1) is 10.3. The summed E-state index contributed by atoms with van der Waals surface area (Å²) in [5.74, 6) is 0.551. The van der Waals surface area contributed by atoms with Gasteiger partial charge in [0.15, 0.2) is 0 Å². The molecular weight excluding hydrogens is 266 g/mol. The van der Waals surface area contributed by atoms with Crippen molar-refractivity contribution in [1.29, 1.82) is 0 Å². The lowest BCUT2D eigenvalue weighted by Crippen LogP contribution is -2.63. The first-order valence-electron chi connectivity index (χ1n) is 7.74. The largest absolute Gasteiger partial charge is 0.364 e. The minimum atomic E-state index is -0.261. The average Bonchev–Trinajstić information content (AvgIpc) is 3.17. The summed E-state index contributed by atoms with van der Waals surface area (Å²) in [7, 11) is 0. The number of amides is 2. The lowest BCUT2D eigenvalue weighted by atomic mass is 9.96. The molecule has 21 heavy (non-hydrogen) atoms. The number of rotatable bonds is 0. The van der Waals surface area contributed by atoms with Gasteiger partial charge in [-0.2, -0.15) is 0 Å². The molecule has 5 rings (SSSR count). The van der Waals surface area contributed by atoms with Crippen LogP contribution in [0.3, 0.4) is 0 Å². The molecule has 4 aliphatic rings. The SMILES string of the molecule is O=C1C2C[C@@H]3c4ccccc4N[C@@H]3N2C(=O)C2CCCN12. The van der Waals surface area contributed by atoms with Crippen molar-refractivity contribution in [1.82, 2.24) is 9.80 Å². The van der Waals surface area contributed by atoms with Gasteiger partial charge in [-0.3, -0.25) is 9.59 Å². The second kappa shape index (κ2) is 3.78. The van der Waals surface area contributed by atoms with Crippen molar-refractivity contribution in [2.24, 2.45) is 0 Å². The Morgan fingerprint density at radius 1 is 1.10 bits per heavy atom. The van der Waals surface area contributed by atoms with Gasteiger partial charge < -0.3 is 15.1 Å². The molecule has 0 aromatic heterocycles. The van der Waals surface area contributed by atoms with Crippen LogP contribution in [0.4, 0.5) is 5.69 Å². The Morgan fingerprint density at radius 3 is 2.86 bits per heavy atom. The minimum Gasteiger partial charge on any atom is -0.364 e. The number of carbonyl (C=O) groups excluding carboxylic acids is 2. The van der Waals surface area contributed by atoms with Gasteiger partial charge in [0.2, 0.25) is 11.8 Å². The predicted octanol–water partition coefficient (Wildman–Crippen LogP) is 1.13. The van der Waals surface area contributed by atoms with E-state index >= 15 is 0 Å². The van der Waals surface area contributed by atoms with Crippen LogP contribution in [-0.2, 0) is 9.59 Å². The summed E-state index contributed by atoms with van der Waals surface area (Å²) in [5, 5.41) is 3.46. The topological polar surface area (TPSA) is 52.7 Å². The minimum absolute atomic E-state index is 0.0356. The number of para-hydroxylation sites is 1. The van der Waals surface area contributed by atoms with Gasteiger partial charge in [-0.15, -0.1) is 0 Å². The fourth-order valence-electron chi connectivity index (χ4n) is 4.61. The van der Waals surface area contributed by atoms with Crippen LogP contribution in [0.2, 0.25) is 0 Å². The summed E-state index contributed by atoms with van der Waals surface area (Å²) >= 11 is 0. The molecule has 0 radical (unpaired) electrons. The Bertz CT molecular complexity index is 659. The molecule has 4 aliphatic heterocycles. The Kier molecular flexibility index (Phi) is 2.09. The van der Waals surface area contributed by atoms with Gasteiger partial charge in [-0.1, -0.05) is 18.2 Å². The zero-order chi connectivity index (χ0) is 14.1. The highest BCUT2D eigenvalue weighted by Crippen LogP contribution is 2.48. The van der Waals surface area contributed by atoms with Crippen molar-refractivity contribution in [3.8, 4) is 0 Å². The first-order valence-corrected chi connectivity index (χ1v) is 7.74. The lowest BCUT2D eigenvalue weighted by molar-refractivity contribution is -0.158. The summed E-state index contributed by atoms with van der Waals surface area (Å²) in [6, 6.07) is 7.73. The van der Waals surface area contributed by atoms with Gasteiger partial charge in [-0.05, 0) is 30.9 Å². The number of piperazine rings is 1. The number of nitrogens with zero attached hydrogens (tertiary/aromatic N) is 2. The van der Waals surface area contributed by atoms with Gasteiger partial charge in [0.05, 0.1) is 0 Å². The number of carbonyl (C=O) groups is 2. The molecule has 3 saturated heterocycles. The van der Waals surface area contributed by atoms with E-state index < -0.39 is 0 Å². The van der Waals surface area contributed by atoms with E-state index in [1.807, 2.05) is 21.9 Å². The first kappa shape index (κ1) is 11.6. The molecule has 0 spiro atoms. The zero-order valence-corrected chi connectivity index (χ0v) is 11.7. The van der Waals surface area contributed by atoms with Crippen LogP contribution < -0.4 is 5.32 Å². The maximum absolute atomic E-state index is 12.8. The van der Waals surface area contributed by atoms with E-state index in [-0.39, 0.29) is 36.0 Å². The molecule has 5 nitrogen and oxygen atoms in total. The predicted molar refractivity (Wildman–Crippen MR) is 76.6 cm³/mol. The fraction of sp³-hybridized carbons (Fsp3) is 0.500. The van der Waals surface area contributed by atoms with Crippen LogP contribution in [0.1, 0.15) is 30.7 Å². The van der Waals surface area contributed by atoms with Crippen LogP contribution in [0.15, 0.2) is 24.3 Å². The standard InChI is InChI=1S/C16H17N3O2/c20-15-13-8-10-9-4-1-2-5-11(9)17-14(10)19(13)16(21)12-6-3-7-18(12)15/h1-2,4-5,10,12-14,17H,3,6-8H2/t10-,12?,13?,14-/m1/s1. The molecule has 0 saturated carbocycles.